The topological polar surface area (TPSA) is 59.0 Å². The number of carbonyl (C=O) groups excluding carboxylic acids is 1. The van der Waals surface area contributed by atoms with Crippen molar-refractivity contribution < 1.29 is 23.8 Å². The summed E-state index contributed by atoms with van der Waals surface area (Å²) in [5.74, 6) is -0.339. The molecule has 7 heteroatoms. The third-order valence-electron chi connectivity index (χ3n) is 5.89. The van der Waals surface area contributed by atoms with Crippen molar-refractivity contribution in [3.63, 3.8) is 0 Å². The Bertz CT molecular complexity index is 975. The Hall–Kier alpha value is -2.15. The highest BCUT2D eigenvalue weighted by molar-refractivity contribution is 6.30. The van der Waals surface area contributed by atoms with E-state index in [4.69, 9.17) is 21.1 Å². The molecular formula is C26H33ClFNO4. The summed E-state index contributed by atoms with van der Waals surface area (Å²) in [4.78, 5) is 14.4. The zero-order chi connectivity index (χ0) is 24.4. The highest BCUT2D eigenvalue weighted by Crippen LogP contribution is 2.42. The van der Waals surface area contributed by atoms with E-state index in [0.29, 0.717) is 36.6 Å². The van der Waals surface area contributed by atoms with Crippen LogP contribution in [0.3, 0.4) is 0 Å². The van der Waals surface area contributed by atoms with Crippen molar-refractivity contribution in [3.8, 4) is 11.1 Å². The number of carbonyl (C=O) groups is 1. The Morgan fingerprint density at radius 3 is 2.52 bits per heavy atom. The molecule has 1 aliphatic heterocycles. The Balaban J connectivity index is 1.84. The van der Waals surface area contributed by atoms with Gasteiger partial charge in [-0.25, -0.2) is 9.18 Å². The molecular weight excluding hydrogens is 445 g/mol. The third-order valence-corrected chi connectivity index (χ3v) is 6.12. The molecule has 3 rings (SSSR count). The summed E-state index contributed by atoms with van der Waals surface area (Å²) in [6.45, 7) is 10.1. The molecule has 5 nitrogen and oxygen atoms in total. The van der Waals surface area contributed by atoms with Crippen molar-refractivity contribution in [1.29, 1.82) is 0 Å². The maximum atomic E-state index is 14.2. The van der Waals surface area contributed by atoms with Gasteiger partial charge in [0.05, 0.1) is 6.61 Å². The first kappa shape index (κ1) is 25.5. The lowest BCUT2D eigenvalue weighted by Crippen LogP contribution is -2.48. The molecule has 1 unspecified atom stereocenters. The van der Waals surface area contributed by atoms with E-state index in [1.165, 1.54) is 17.0 Å². The number of nitrogens with zero attached hydrogens (tertiary/aromatic N) is 1. The van der Waals surface area contributed by atoms with Crippen molar-refractivity contribution in [2.75, 3.05) is 13.2 Å². The second-order valence-corrected chi connectivity index (χ2v) is 10.4. The van der Waals surface area contributed by atoms with Gasteiger partial charge in [-0.3, -0.25) is 4.90 Å². The predicted molar refractivity (Wildman–Crippen MR) is 128 cm³/mol. The highest BCUT2D eigenvalue weighted by Gasteiger charge is 2.51. The zero-order valence-electron chi connectivity index (χ0n) is 19.9. The van der Waals surface area contributed by atoms with Crippen molar-refractivity contribution >= 4 is 17.7 Å². The monoisotopic (exact) mass is 477 g/mol. The summed E-state index contributed by atoms with van der Waals surface area (Å²) in [6, 6.07) is 11.7. The zero-order valence-corrected chi connectivity index (χ0v) is 20.7. The molecule has 1 saturated heterocycles. The van der Waals surface area contributed by atoms with E-state index in [2.05, 4.69) is 0 Å². The van der Waals surface area contributed by atoms with E-state index in [0.717, 1.165) is 11.1 Å². The van der Waals surface area contributed by atoms with Crippen LogP contribution in [0.15, 0.2) is 42.5 Å². The number of ether oxygens (including phenoxy) is 2. The number of hydrogen-bond acceptors (Lipinski definition) is 4. The molecule has 1 fully saturated rings. The van der Waals surface area contributed by atoms with Crippen LogP contribution in [0.2, 0.25) is 5.02 Å². The van der Waals surface area contributed by atoms with Crippen LogP contribution in [-0.2, 0) is 15.9 Å². The van der Waals surface area contributed by atoms with Gasteiger partial charge in [0.25, 0.3) is 0 Å². The minimum atomic E-state index is -1.02. The molecule has 2 aromatic rings. The standard InChI is InChI=1S/C26H33ClFNO4/c1-6-32-16-26(5)15-20(29(23(26)30)24(31)33-25(2,3)4)13-17-7-9-18(10-8-17)21-14-19(27)11-12-22(21)28/h7-12,14,20,23,30H,6,13,15-16H2,1-5H3/t20-,23?,26+/m1/s1. The normalized spacial score (nSPS) is 23.1. The number of benzene rings is 2. The fourth-order valence-corrected chi connectivity index (χ4v) is 4.46. The van der Waals surface area contributed by atoms with E-state index in [9.17, 15) is 14.3 Å². The van der Waals surface area contributed by atoms with Gasteiger partial charge in [-0.2, -0.15) is 0 Å². The van der Waals surface area contributed by atoms with Crippen LogP contribution >= 0.6 is 11.6 Å². The fraction of sp³-hybridized carbons (Fsp3) is 0.500. The maximum absolute atomic E-state index is 14.2. The molecule has 180 valence electrons. The molecule has 0 bridgehead atoms. The average molecular weight is 478 g/mol. The van der Waals surface area contributed by atoms with E-state index in [1.807, 2.05) is 38.1 Å². The Morgan fingerprint density at radius 2 is 1.91 bits per heavy atom. The van der Waals surface area contributed by atoms with E-state index in [-0.39, 0.29) is 11.9 Å². The number of halogens is 2. The van der Waals surface area contributed by atoms with Crippen molar-refractivity contribution in [3.05, 3.63) is 58.9 Å². The minimum Gasteiger partial charge on any atom is -0.444 e. The molecule has 0 saturated carbocycles. The summed E-state index contributed by atoms with van der Waals surface area (Å²) in [5.41, 5.74) is 0.831. The van der Waals surface area contributed by atoms with Crippen LogP contribution < -0.4 is 0 Å². The fourth-order valence-electron chi connectivity index (χ4n) is 4.29. The summed E-state index contributed by atoms with van der Waals surface area (Å²) in [5, 5.41) is 11.6. The minimum absolute atomic E-state index is 0.269. The molecule has 2 aromatic carbocycles. The van der Waals surface area contributed by atoms with Crippen molar-refractivity contribution in [2.24, 2.45) is 5.41 Å². The molecule has 0 aromatic heterocycles. The molecule has 1 amide bonds. The summed E-state index contributed by atoms with van der Waals surface area (Å²) < 4.78 is 25.4. The van der Waals surface area contributed by atoms with Gasteiger partial charge in [0.2, 0.25) is 0 Å². The van der Waals surface area contributed by atoms with Crippen molar-refractivity contribution in [1.82, 2.24) is 4.90 Å². The van der Waals surface area contributed by atoms with Gasteiger partial charge < -0.3 is 14.6 Å². The third kappa shape index (κ3) is 6.05. The van der Waals surface area contributed by atoms with E-state index < -0.39 is 23.3 Å². The first-order chi connectivity index (χ1) is 15.4. The maximum Gasteiger partial charge on any atom is 0.412 e. The van der Waals surface area contributed by atoms with Gasteiger partial charge in [0.15, 0.2) is 0 Å². The molecule has 1 heterocycles. The molecule has 0 aliphatic carbocycles. The first-order valence-corrected chi connectivity index (χ1v) is 11.6. The molecule has 1 aliphatic rings. The lowest BCUT2D eigenvalue weighted by molar-refractivity contribution is -0.0771. The number of aliphatic hydroxyl groups excluding tert-OH is 1. The van der Waals surface area contributed by atoms with Crippen LogP contribution in [0.25, 0.3) is 11.1 Å². The second-order valence-electron chi connectivity index (χ2n) is 9.94. The van der Waals surface area contributed by atoms with Gasteiger partial charge in [0.1, 0.15) is 17.6 Å². The molecule has 1 N–H and O–H groups in total. The number of aliphatic hydroxyl groups is 1. The number of likely N-dealkylation sites (tertiary alicyclic amines) is 1. The lowest BCUT2D eigenvalue weighted by atomic mass is 9.86. The SMILES string of the molecule is CCOC[C@]1(C)C[C@@H](Cc2ccc(-c3cc(Cl)ccc3F)cc2)N(C(=O)OC(C)(C)C)C1O. The molecule has 0 radical (unpaired) electrons. The first-order valence-electron chi connectivity index (χ1n) is 11.2. The van der Waals surface area contributed by atoms with Gasteiger partial charge in [-0.15, -0.1) is 0 Å². The Morgan fingerprint density at radius 1 is 1.24 bits per heavy atom. The summed E-state index contributed by atoms with van der Waals surface area (Å²) >= 11 is 6.03. The smallest absolute Gasteiger partial charge is 0.412 e. The van der Waals surface area contributed by atoms with Crippen molar-refractivity contribution in [2.45, 2.75) is 65.3 Å². The lowest BCUT2D eigenvalue weighted by Gasteiger charge is -2.33. The number of amides is 1. The average Bonchev–Trinajstić information content (AvgIpc) is 2.98. The number of hydrogen-bond donors (Lipinski definition) is 1. The summed E-state index contributed by atoms with van der Waals surface area (Å²) in [6.07, 6.45) is -0.476. The van der Waals surface area contributed by atoms with E-state index >= 15 is 0 Å². The van der Waals surface area contributed by atoms with Crippen LogP contribution in [-0.4, -0.2) is 47.2 Å². The molecule has 0 spiro atoms. The second kappa shape index (κ2) is 10.00. The van der Waals surface area contributed by atoms with Gasteiger partial charge >= 0.3 is 6.09 Å². The van der Waals surface area contributed by atoms with Gasteiger partial charge in [-0.1, -0.05) is 42.8 Å². The molecule has 3 atom stereocenters. The van der Waals surface area contributed by atoms with Crippen LogP contribution in [0.5, 0.6) is 0 Å². The largest absolute Gasteiger partial charge is 0.444 e. The quantitative estimate of drug-likeness (QED) is 0.549. The summed E-state index contributed by atoms with van der Waals surface area (Å²) in [7, 11) is 0. The van der Waals surface area contributed by atoms with Crippen LogP contribution in [0.4, 0.5) is 9.18 Å². The van der Waals surface area contributed by atoms with E-state index in [1.54, 1.807) is 26.8 Å². The molecule has 33 heavy (non-hydrogen) atoms. The Labute approximate surface area is 200 Å². The predicted octanol–water partition coefficient (Wildman–Crippen LogP) is 6.06. The number of rotatable bonds is 6. The van der Waals surface area contributed by atoms with Gasteiger partial charge in [0, 0.05) is 28.6 Å². The van der Waals surface area contributed by atoms with Gasteiger partial charge in [-0.05, 0) is 69.9 Å². The van der Waals surface area contributed by atoms with Crippen LogP contribution in [0.1, 0.15) is 46.6 Å². The Kier molecular flexibility index (Phi) is 7.72. The van der Waals surface area contributed by atoms with Crippen LogP contribution in [0, 0.1) is 11.2 Å². The highest BCUT2D eigenvalue weighted by atomic mass is 35.5.